The van der Waals surface area contributed by atoms with Crippen LogP contribution in [0.25, 0.3) is 89.4 Å². The lowest BCUT2D eigenvalue weighted by Crippen LogP contribution is -2.00. The summed E-state index contributed by atoms with van der Waals surface area (Å²) in [5.74, 6) is 1.86. The summed E-state index contributed by atoms with van der Waals surface area (Å²) in [6, 6.07) is 61.7. The van der Waals surface area contributed by atoms with Gasteiger partial charge in [-0.05, 0) is 51.7 Å². The molecular formula is C47H29N5. The lowest BCUT2D eigenvalue weighted by Gasteiger charge is -2.17. The Morgan fingerprint density at radius 1 is 0.385 bits per heavy atom. The summed E-state index contributed by atoms with van der Waals surface area (Å²) < 4.78 is 0. The zero-order chi connectivity index (χ0) is 34.9. The molecule has 0 aliphatic heterocycles. The number of aromatic nitrogens is 4. The minimum absolute atomic E-state index is 0.607. The van der Waals surface area contributed by atoms with Crippen molar-refractivity contribution in [1.29, 1.82) is 5.26 Å². The summed E-state index contributed by atoms with van der Waals surface area (Å²) in [6.07, 6.45) is 0. The van der Waals surface area contributed by atoms with E-state index in [2.05, 4.69) is 78.9 Å². The first kappa shape index (κ1) is 30.7. The molecular weight excluding hydrogens is 635 g/mol. The SMILES string of the molecule is N#Cc1ccc(-c2cc(-c3ccccc3)nc3c(-c4ccc(-c5nc(-c6ccccc6)nc(-c6ccccc6)n5)cc4)cc4ccccc4c23)cc1. The van der Waals surface area contributed by atoms with E-state index in [0.717, 1.165) is 71.9 Å². The van der Waals surface area contributed by atoms with Gasteiger partial charge in [0.1, 0.15) is 0 Å². The van der Waals surface area contributed by atoms with Crippen LogP contribution in [0.1, 0.15) is 5.56 Å². The van der Waals surface area contributed by atoms with Crippen molar-refractivity contribution in [2.45, 2.75) is 0 Å². The molecule has 52 heavy (non-hydrogen) atoms. The van der Waals surface area contributed by atoms with Gasteiger partial charge in [-0.25, -0.2) is 19.9 Å². The van der Waals surface area contributed by atoms with Gasteiger partial charge in [0.15, 0.2) is 17.5 Å². The van der Waals surface area contributed by atoms with Crippen LogP contribution in [0, 0.1) is 11.3 Å². The van der Waals surface area contributed by atoms with E-state index >= 15 is 0 Å². The van der Waals surface area contributed by atoms with Crippen LogP contribution in [0.4, 0.5) is 0 Å². The van der Waals surface area contributed by atoms with Crippen LogP contribution in [0.15, 0.2) is 176 Å². The lowest BCUT2D eigenvalue weighted by molar-refractivity contribution is 1.07. The molecule has 0 spiro atoms. The molecule has 0 fully saturated rings. The molecule has 0 N–H and O–H groups in total. The largest absolute Gasteiger partial charge is 0.247 e. The molecule has 5 nitrogen and oxygen atoms in total. The van der Waals surface area contributed by atoms with E-state index in [-0.39, 0.29) is 0 Å². The van der Waals surface area contributed by atoms with Crippen LogP contribution in [-0.4, -0.2) is 19.9 Å². The quantitative estimate of drug-likeness (QED) is 0.166. The Morgan fingerprint density at radius 2 is 0.846 bits per heavy atom. The molecule has 5 heteroatoms. The Morgan fingerprint density at radius 3 is 1.42 bits per heavy atom. The minimum atomic E-state index is 0.607. The van der Waals surface area contributed by atoms with Crippen molar-refractivity contribution < 1.29 is 0 Å². The molecule has 9 aromatic rings. The molecule has 0 saturated heterocycles. The van der Waals surface area contributed by atoms with E-state index < -0.39 is 0 Å². The molecule has 0 unspecified atom stereocenters. The van der Waals surface area contributed by atoms with Crippen molar-refractivity contribution in [3.8, 4) is 73.7 Å². The fraction of sp³-hybridized carbons (Fsp3) is 0. The van der Waals surface area contributed by atoms with E-state index in [1.165, 1.54) is 0 Å². The highest BCUT2D eigenvalue weighted by Crippen LogP contribution is 2.41. The maximum Gasteiger partial charge on any atom is 0.164 e. The second-order valence-corrected chi connectivity index (χ2v) is 12.6. The number of hydrogen-bond donors (Lipinski definition) is 0. The van der Waals surface area contributed by atoms with E-state index in [0.29, 0.717) is 23.0 Å². The fourth-order valence-electron chi connectivity index (χ4n) is 6.75. The van der Waals surface area contributed by atoms with Crippen LogP contribution in [0.2, 0.25) is 0 Å². The van der Waals surface area contributed by atoms with Crippen molar-refractivity contribution >= 4 is 21.7 Å². The Bertz CT molecular complexity index is 2700. The molecule has 0 atom stereocenters. The summed E-state index contributed by atoms with van der Waals surface area (Å²) in [6.45, 7) is 0. The monoisotopic (exact) mass is 663 g/mol. The van der Waals surface area contributed by atoms with Gasteiger partial charge in [0.2, 0.25) is 0 Å². The number of hydrogen-bond acceptors (Lipinski definition) is 5. The van der Waals surface area contributed by atoms with Gasteiger partial charge in [-0.15, -0.1) is 0 Å². The van der Waals surface area contributed by atoms with Crippen molar-refractivity contribution in [3.05, 3.63) is 181 Å². The van der Waals surface area contributed by atoms with E-state index in [1.54, 1.807) is 0 Å². The summed E-state index contributed by atoms with van der Waals surface area (Å²) in [7, 11) is 0. The molecule has 0 bridgehead atoms. The second kappa shape index (κ2) is 13.2. The van der Waals surface area contributed by atoms with E-state index in [1.807, 2.05) is 103 Å². The van der Waals surface area contributed by atoms with Gasteiger partial charge < -0.3 is 0 Å². The third-order valence-corrected chi connectivity index (χ3v) is 9.35. The Balaban J connectivity index is 1.24. The van der Waals surface area contributed by atoms with Gasteiger partial charge in [-0.1, -0.05) is 152 Å². The number of nitriles is 1. The highest BCUT2D eigenvalue weighted by Gasteiger charge is 2.18. The maximum atomic E-state index is 9.52. The normalized spacial score (nSPS) is 11.1. The number of nitrogens with zero attached hydrogens (tertiary/aromatic N) is 5. The highest BCUT2D eigenvalue weighted by atomic mass is 15.0. The van der Waals surface area contributed by atoms with E-state index in [4.69, 9.17) is 19.9 Å². The van der Waals surface area contributed by atoms with Crippen molar-refractivity contribution in [2.75, 3.05) is 0 Å². The second-order valence-electron chi connectivity index (χ2n) is 12.6. The maximum absolute atomic E-state index is 9.52. The molecule has 7 aromatic carbocycles. The highest BCUT2D eigenvalue weighted by molar-refractivity contribution is 6.18. The number of fused-ring (bicyclic) bond motifs is 3. The summed E-state index contributed by atoms with van der Waals surface area (Å²) >= 11 is 0. The third kappa shape index (κ3) is 5.75. The van der Waals surface area contributed by atoms with Crippen LogP contribution in [-0.2, 0) is 0 Å². The Labute approximate surface area is 301 Å². The third-order valence-electron chi connectivity index (χ3n) is 9.35. The molecule has 0 saturated carbocycles. The minimum Gasteiger partial charge on any atom is -0.247 e. The number of benzene rings is 7. The smallest absolute Gasteiger partial charge is 0.164 e. The average molecular weight is 664 g/mol. The topological polar surface area (TPSA) is 75.3 Å². The fourth-order valence-corrected chi connectivity index (χ4v) is 6.75. The van der Waals surface area contributed by atoms with Crippen molar-refractivity contribution in [1.82, 2.24) is 19.9 Å². The molecule has 2 heterocycles. The summed E-state index contributed by atoms with van der Waals surface area (Å²) in [5, 5.41) is 12.8. The van der Waals surface area contributed by atoms with Crippen LogP contribution in [0.5, 0.6) is 0 Å². The van der Waals surface area contributed by atoms with Gasteiger partial charge in [-0.3, -0.25) is 0 Å². The Hall–Kier alpha value is -7.29. The molecule has 0 aliphatic carbocycles. The first-order valence-electron chi connectivity index (χ1n) is 17.1. The number of pyridine rings is 1. The molecule has 0 radical (unpaired) electrons. The molecule has 242 valence electrons. The summed E-state index contributed by atoms with van der Waals surface area (Å²) in [5.41, 5.74) is 10.4. The molecule has 9 rings (SSSR count). The molecule has 0 amide bonds. The van der Waals surface area contributed by atoms with Gasteiger partial charge in [0, 0.05) is 33.2 Å². The van der Waals surface area contributed by atoms with E-state index in [9.17, 15) is 5.26 Å². The van der Waals surface area contributed by atoms with Gasteiger partial charge in [0.25, 0.3) is 0 Å². The standard InChI is InChI=1S/C47H29N5/c48-30-31-20-22-32(23-21-31)40-29-42(34-12-4-1-5-13-34)49-44-41(28-38-18-10-11-19-39(38)43(40)44)33-24-26-37(27-25-33)47-51-45(35-14-6-2-7-15-35)50-46(52-47)36-16-8-3-9-17-36/h1-29H. The molecule has 2 aromatic heterocycles. The lowest BCUT2D eigenvalue weighted by atomic mass is 9.90. The average Bonchev–Trinajstić information content (AvgIpc) is 3.24. The predicted octanol–water partition coefficient (Wildman–Crippen LogP) is 11.4. The van der Waals surface area contributed by atoms with Crippen molar-refractivity contribution in [2.24, 2.45) is 0 Å². The zero-order valence-electron chi connectivity index (χ0n) is 28.0. The zero-order valence-corrected chi connectivity index (χ0v) is 28.0. The first-order chi connectivity index (χ1) is 25.7. The molecule has 0 aliphatic rings. The Kier molecular flexibility index (Phi) is 7.81. The van der Waals surface area contributed by atoms with Gasteiger partial charge in [-0.2, -0.15) is 5.26 Å². The van der Waals surface area contributed by atoms with Crippen molar-refractivity contribution in [3.63, 3.8) is 0 Å². The van der Waals surface area contributed by atoms with Gasteiger partial charge >= 0.3 is 0 Å². The van der Waals surface area contributed by atoms with Crippen LogP contribution in [0.3, 0.4) is 0 Å². The predicted molar refractivity (Wildman–Crippen MR) is 210 cm³/mol. The van der Waals surface area contributed by atoms with Gasteiger partial charge in [0.05, 0.1) is 22.8 Å². The van der Waals surface area contributed by atoms with Crippen LogP contribution >= 0.6 is 0 Å². The van der Waals surface area contributed by atoms with Crippen LogP contribution < -0.4 is 0 Å². The first-order valence-corrected chi connectivity index (χ1v) is 17.1. The number of rotatable bonds is 6. The summed E-state index contributed by atoms with van der Waals surface area (Å²) in [4.78, 5) is 20.1.